The predicted molar refractivity (Wildman–Crippen MR) is 102 cm³/mol. The number of carbonyl (C=O) groups excluding carboxylic acids is 1. The van der Waals surface area contributed by atoms with Gasteiger partial charge in [-0.1, -0.05) is 41.9 Å². The lowest BCUT2D eigenvalue weighted by atomic mass is 10.1. The summed E-state index contributed by atoms with van der Waals surface area (Å²) in [7, 11) is 1.75. The maximum atomic E-state index is 12.8. The third-order valence-electron chi connectivity index (χ3n) is 4.85. The Labute approximate surface area is 162 Å². The number of amides is 1. The van der Waals surface area contributed by atoms with Crippen LogP contribution in [0, 0.1) is 0 Å². The van der Waals surface area contributed by atoms with Crippen LogP contribution in [0.5, 0.6) is 0 Å². The van der Waals surface area contributed by atoms with Gasteiger partial charge in [0.05, 0.1) is 17.6 Å². The first-order valence-electron chi connectivity index (χ1n) is 8.98. The summed E-state index contributed by atoms with van der Waals surface area (Å²) >= 11 is 6.14. The van der Waals surface area contributed by atoms with Crippen molar-refractivity contribution in [2.45, 2.75) is 32.4 Å². The van der Waals surface area contributed by atoms with Gasteiger partial charge in [0.1, 0.15) is 5.82 Å². The molecule has 2 aromatic heterocycles. The maximum Gasteiger partial charge on any atom is 0.276 e. The Kier molecular flexibility index (Phi) is 4.70. The third-order valence-corrected chi connectivity index (χ3v) is 5.13. The molecule has 0 bridgehead atoms. The van der Waals surface area contributed by atoms with E-state index in [1.54, 1.807) is 22.8 Å². The van der Waals surface area contributed by atoms with Crippen molar-refractivity contribution >= 4 is 17.5 Å². The van der Waals surface area contributed by atoms with Gasteiger partial charge in [-0.15, -0.1) is 10.2 Å². The number of benzene rings is 1. The van der Waals surface area contributed by atoms with Crippen LogP contribution in [0.4, 0.5) is 0 Å². The average Bonchev–Trinajstić information content (AvgIpc) is 3.23. The smallest absolute Gasteiger partial charge is 0.276 e. The van der Waals surface area contributed by atoms with Crippen molar-refractivity contribution in [3.63, 3.8) is 0 Å². The quantitative estimate of drug-likeness (QED) is 0.693. The first kappa shape index (κ1) is 17.7. The van der Waals surface area contributed by atoms with Crippen LogP contribution in [0.3, 0.4) is 0 Å². The average molecular weight is 385 g/mol. The van der Waals surface area contributed by atoms with Gasteiger partial charge < -0.3 is 9.47 Å². The van der Waals surface area contributed by atoms with E-state index in [1.807, 2.05) is 18.2 Å². The lowest BCUT2D eigenvalue weighted by Crippen LogP contribution is -2.41. The zero-order valence-corrected chi connectivity index (χ0v) is 16.1. The fourth-order valence-corrected chi connectivity index (χ4v) is 3.85. The van der Waals surface area contributed by atoms with Crippen LogP contribution in [-0.4, -0.2) is 41.9 Å². The van der Waals surface area contributed by atoms with E-state index >= 15 is 0 Å². The van der Waals surface area contributed by atoms with Crippen molar-refractivity contribution in [3.8, 4) is 0 Å². The molecule has 27 heavy (non-hydrogen) atoms. The van der Waals surface area contributed by atoms with Crippen molar-refractivity contribution in [1.29, 1.82) is 0 Å². The molecule has 1 amide bonds. The zero-order chi connectivity index (χ0) is 19.0. The lowest BCUT2D eigenvalue weighted by Gasteiger charge is -2.32. The fourth-order valence-electron chi connectivity index (χ4n) is 3.59. The highest BCUT2D eigenvalue weighted by molar-refractivity contribution is 6.33. The molecule has 0 radical (unpaired) electrons. The number of rotatable bonds is 4. The highest BCUT2D eigenvalue weighted by Gasteiger charge is 2.31. The van der Waals surface area contributed by atoms with Crippen molar-refractivity contribution in [1.82, 2.24) is 29.4 Å². The highest BCUT2D eigenvalue weighted by Crippen LogP contribution is 2.25. The summed E-state index contributed by atoms with van der Waals surface area (Å²) < 4.78 is 3.71. The van der Waals surface area contributed by atoms with Crippen molar-refractivity contribution in [2.75, 3.05) is 6.54 Å². The second-order valence-electron chi connectivity index (χ2n) is 6.92. The Morgan fingerprint density at radius 2 is 2.00 bits per heavy atom. The Bertz CT molecular complexity index is 964. The molecule has 0 unspecified atom stereocenters. The van der Waals surface area contributed by atoms with Crippen molar-refractivity contribution in [2.24, 2.45) is 7.05 Å². The third kappa shape index (κ3) is 3.47. The molecule has 4 rings (SSSR count). The molecule has 3 heterocycles. The molecule has 0 saturated heterocycles. The standard InChI is InChI=1S/C19H21ClN6O/c1-13-10-25(19(27)18-15(20)11-24(2)23-18)12-17-22-21-16(26(13)17)9-8-14-6-4-3-5-7-14/h3-7,11,13H,8-10,12H2,1-2H3/t13-/m0/s1. The summed E-state index contributed by atoms with van der Waals surface area (Å²) in [6.45, 7) is 3.07. The van der Waals surface area contributed by atoms with Crippen LogP contribution >= 0.6 is 11.6 Å². The summed E-state index contributed by atoms with van der Waals surface area (Å²) in [5.41, 5.74) is 1.56. The van der Waals surface area contributed by atoms with Crippen LogP contribution in [0.2, 0.25) is 5.02 Å². The van der Waals surface area contributed by atoms with E-state index in [0.717, 1.165) is 24.5 Å². The maximum absolute atomic E-state index is 12.8. The van der Waals surface area contributed by atoms with Gasteiger partial charge in [0.25, 0.3) is 5.91 Å². The summed E-state index contributed by atoms with van der Waals surface area (Å²) in [6.07, 6.45) is 3.37. The van der Waals surface area contributed by atoms with Gasteiger partial charge in [-0.3, -0.25) is 9.48 Å². The molecule has 0 fully saturated rings. The van der Waals surface area contributed by atoms with Crippen LogP contribution in [0.25, 0.3) is 0 Å². The monoisotopic (exact) mass is 384 g/mol. The molecule has 140 valence electrons. The van der Waals surface area contributed by atoms with Crippen LogP contribution in [0.15, 0.2) is 36.5 Å². The molecule has 3 aromatic rings. The van der Waals surface area contributed by atoms with E-state index < -0.39 is 0 Å². The van der Waals surface area contributed by atoms with Crippen molar-refractivity contribution in [3.05, 3.63) is 64.5 Å². The van der Waals surface area contributed by atoms with E-state index in [0.29, 0.717) is 18.1 Å². The first-order chi connectivity index (χ1) is 13.0. The minimum absolute atomic E-state index is 0.0981. The molecule has 1 aliphatic rings. The molecule has 8 heteroatoms. The van der Waals surface area contributed by atoms with Gasteiger partial charge >= 0.3 is 0 Å². The van der Waals surface area contributed by atoms with Crippen molar-refractivity contribution < 1.29 is 4.79 Å². The summed E-state index contributed by atoms with van der Waals surface area (Å²) in [5.74, 6) is 1.59. The van der Waals surface area contributed by atoms with E-state index in [2.05, 4.69) is 38.9 Å². The Hall–Kier alpha value is -2.67. The lowest BCUT2D eigenvalue weighted by molar-refractivity contribution is 0.0673. The largest absolute Gasteiger partial charge is 0.328 e. The van der Waals surface area contributed by atoms with Crippen LogP contribution in [0.1, 0.15) is 40.7 Å². The molecule has 0 N–H and O–H groups in total. The fraction of sp³-hybridized carbons (Fsp3) is 0.368. The zero-order valence-electron chi connectivity index (χ0n) is 15.3. The molecular formula is C19H21ClN6O. The van der Waals surface area contributed by atoms with Gasteiger partial charge in [-0.25, -0.2) is 0 Å². The SMILES string of the molecule is C[C@H]1CN(C(=O)c2nn(C)cc2Cl)Cc2nnc(CCc3ccccc3)n21. The number of aryl methyl sites for hydroxylation is 3. The predicted octanol–water partition coefficient (Wildman–Crippen LogP) is 2.67. The molecule has 0 saturated carbocycles. The topological polar surface area (TPSA) is 68.8 Å². The number of halogens is 1. The number of fused-ring (bicyclic) bond motifs is 1. The molecule has 1 aliphatic heterocycles. The normalized spacial score (nSPS) is 16.4. The Morgan fingerprint density at radius 1 is 1.22 bits per heavy atom. The molecule has 0 aliphatic carbocycles. The second kappa shape index (κ2) is 7.15. The van der Waals surface area contributed by atoms with Gasteiger partial charge in [-0.05, 0) is 18.9 Å². The number of hydrogen-bond donors (Lipinski definition) is 0. The van der Waals surface area contributed by atoms with Gasteiger partial charge in [-0.2, -0.15) is 5.10 Å². The molecular weight excluding hydrogens is 364 g/mol. The Morgan fingerprint density at radius 3 is 2.70 bits per heavy atom. The van der Waals surface area contributed by atoms with Gasteiger partial charge in [0.2, 0.25) is 0 Å². The van der Waals surface area contributed by atoms with Gasteiger partial charge in [0, 0.05) is 26.2 Å². The molecule has 0 spiro atoms. The van der Waals surface area contributed by atoms with Crippen LogP contribution in [-0.2, 0) is 26.4 Å². The summed E-state index contributed by atoms with van der Waals surface area (Å²) in [5, 5.41) is 13.3. The molecule has 1 atom stereocenters. The van der Waals surface area contributed by atoms with E-state index in [-0.39, 0.29) is 17.6 Å². The summed E-state index contributed by atoms with van der Waals surface area (Å²) in [4.78, 5) is 14.6. The minimum Gasteiger partial charge on any atom is -0.328 e. The molecule has 1 aromatic carbocycles. The Balaban J connectivity index is 1.51. The minimum atomic E-state index is -0.174. The van der Waals surface area contributed by atoms with E-state index in [9.17, 15) is 4.79 Å². The molecule has 7 nitrogen and oxygen atoms in total. The number of aromatic nitrogens is 5. The second-order valence-corrected chi connectivity index (χ2v) is 7.33. The van der Waals surface area contributed by atoms with E-state index in [1.165, 1.54) is 5.56 Å². The van der Waals surface area contributed by atoms with E-state index in [4.69, 9.17) is 11.6 Å². The summed E-state index contributed by atoms with van der Waals surface area (Å²) in [6, 6.07) is 10.4. The number of carbonyl (C=O) groups is 1. The first-order valence-corrected chi connectivity index (χ1v) is 9.35. The highest BCUT2D eigenvalue weighted by atomic mass is 35.5. The number of nitrogens with zero attached hydrogens (tertiary/aromatic N) is 6. The number of hydrogen-bond acceptors (Lipinski definition) is 4. The van der Waals surface area contributed by atoms with Crippen LogP contribution < -0.4 is 0 Å². The van der Waals surface area contributed by atoms with Gasteiger partial charge in [0.15, 0.2) is 11.5 Å².